The molecule has 0 saturated heterocycles. The molecule has 2 N–H and O–H groups in total. The van der Waals surface area contributed by atoms with E-state index in [-0.39, 0.29) is 12.5 Å². The highest BCUT2D eigenvalue weighted by Crippen LogP contribution is 2.16. The summed E-state index contributed by atoms with van der Waals surface area (Å²) >= 11 is 3.32. The van der Waals surface area contributed by atoms with E-state index < -0.39 is 11.9 Å². The molecule has 0 bridgehead atoms. The van der Waals surface area contributed by atoms with Gasteiger partial charge in [0, 0.05) is 10.0 Å². The predicted molar refractivity (Wildman–Crippen MR) is 140 cm³/mol. The second-order valence-corrected chi connectivity index (χ2v) is 8.58. The number of hydrogen-bond donors (Lipinski definition) is 2. The highest BCUT2D eigenvalue weighted by molar-refractivity contribution is 9.10. The van der Waals surface area contributed by atoms with Crippen molar-refractivity contribution in [2.24, 2.45) is 5.10 Å². The SMILES string of the molecule is CCCCOc1ccc(C(=O)NCC(=O)N/N=C\c2ccc(OC(=O)c3ccc(Br)cc3)cc2)cc1. The zero-order chi connectivity index (χ0) is 25.8. The molecule has 8 nitrogen and oxygen atoms in total. The van der Waals surface area contributed by atoms with Crippen LogP contribution in [0, 0.1) is 0 Å². The maximum absolute atomic E-state index is 12.2. The number of esters is 1. The second-order valence-electron chi connectivity index (χ2n) is 7.67. The molecule has 0 aliphatic carbocycles. The number of amides is 2. The molecule has 0 aliphatic heterocycles. The molecule has 0 unspecified atom stereocenters. The number of nitrogens with zero attached hydrogens (tertiary/aromatic N) is 1. The molecule has 2 amide bonds. The van der Waals surface area contributed by atoms with E-state index in [0.29, 0.717) is 34.8 Å². The number of nitrogens with one attached hydrogen (secondary N) is 2. The van der Waals surface area contributed by atoms with Gasteiger partial charge in [0.15, 0.2) is 0 Å². The van der Waals surface area contributed by atoms with Crippen LogP contribution in [0.5, 0.6) is 11.5 Å². The molecule has 0 spiro atoms. The molecule has 3 aromatic carbocycles. The van der Waals surface area contributed by atoms with Crippen LogP contribution < -0.4 is 20.2 Å². The Morgan fingerprint density at radius 3 is 2.19 bits per heavy atom. The summed E-state index contributed by atoms with van der Waals surface area (Å²) in [5.74, 6) is -0.230. The minimum atomic E-state index is -0.473. The largest absolute Gasteiger partial charge is 0.494 e. The van der Waals surface area contributed by atoms with Gasteiger partial charge in [-0.1, -0.05) is 29.3 Å². The maximum atomic E-state index is 12.2. The van der Waals surface area contributed by atoms with Gasteiger partial charge in [0.2, 0.25) is 0 Å². The number of hydrazone groups is 1. The van der Waals surface area contributed by atoms with Crippen LogP contribution in [0.15, 0.2) is 82.4 Å². The van der Waals surface area contributed by atoms with Crippen molar-refractivity contribution < 1.29 is 23.9 Å². The molecule has 0 atom stereocenters. The van der Waals surface area contributed by atoms with E-state index in [9.17, 15) is 14.4 Å². The van der Waals surface area contributed by atoms with E-state index in [1.165, 1.54) is 6.21 Å². The number of benzene rings is 3. The van der Waals surface area contributed by atoms with Gasteiger partial charge in [-0.15, -0.1) is 0 Å². The lowest BCUT2D eigenvalue weighted by molar-refractivity contribution is -0.120. The number of carbonyl (C=O) groups is 3. The van der Waals surface area contributed by atoms with Crippen molar-refractivity contribution in [1.29, 1.82) is 0 Å². The Morgan fingerprint density at radius 1 is 0.889 bits per heavy atom. The molecule has 0 fully saturated rings. The van der Waals surface area contributed by atoms with Crippen molar-refractivity contribution in [3.63, 3.8) is 0 Å². The average molecular weight is 552 g/mol. The Kier molecular flexibility index (Phi) is 10.2. The maximum Gasteiger partial charge on any atom is 0.343 e. The summed E-state index contributed by atoms with van der Waals surface area (Å²) in [6, 6.07) is 20.2. The van der Waals surface area contributed by atoms with Gasteiger partial charge >= 0.3 is 5.97 Å². The molecular formula is C27H26BrN3O5. The lowest BCUT2D eigenvalue weighted by Gasteiger charge is -2.07. The van der Waals surface area contributed by atoms with Gasteiger partial charge in [0.25, 0.3) is 11.8 Å². The Labute approximate surface area is 217 Å². The molecular weight excluding hydrogens is 526 g/mol. The molecule has 0 aliphatic rings. The third-order valence-corrected chi connectivity index (χ3v) is 5.39. The van der Waals surface area contributed by atoms with Crippen LogP contribution in [0.25, 0.3) is 0 Å². The Hall–Kier alpha value is -3.98. The quantitative estimate of drug-likeness (QED) is 0.118. The zero-order valence-electron chi connectivity index (χ0n) is 19.7. The first-order valence-electron chi connectivity index (χ1n) is 11.4. The van der Waals surface area contributed by atoms with Crippen molar-refractivity contribution in [2.45, 2.75) is 19.8 Å². The van der Waals surface area contributed by atoms with Crippen molar-refractivity contribution >= 4 is 39.9 Å². The summed E-state index contributed by atoms with van der Waals surface area (Å²) in [6.07, 6.45) is 3.45. The molecule has 186 valence electrons. The van der Waals surface area contributed by atoms with Crippen LogP contribution in [0.4, 0.5) is 0 Å². The Morgan fingerprint density at radius 2 is 1.53 bits per heavy atom. The molecule has 0 heterocycles. The molecule has 0 radical (unpaired) electrons. The highest BCUT2D eigenvalue weighted by Gasteiger charge is 2.09. The van der Waals surface area contributed by atoms with E-state index >= 15 is 0 Å². The van der Waals surface area contributed by atoms with Gasteiger partial charge < -0.3 is 14.8 Å². The highest BCUT2D eigenvalue weighted by atomic mass is 79.9. The predicted octanol–water partition coefficient (Wildman–Crippen LogP) is 4.73. The fourth-order valence-corrected chi connectivity index (χ4v) is 3.16. The lowest BCUT2D eigenvalue weighted by atomic mass is 10.2. The van der Waals surface area contributed by atoms with Crippen LogP contribution in [0.2, 0.25) is 0 Å². The van der Waals surface area contributed by atoms with E-state index in [2.05, 4.69) is 38.7 Å². The molecule has 0 aromatic heterocycles. The van der Waals surface area contributed by atoms with Gasteiger partial charge in [-0.05, 0) is 84.8 Å². The average Bonchev–Trinajstić information content (AvgIpc) is 2.89. The van der Waals surface area contributed by atoms with Crippen molar-refractivity contribution in [2.75, 3.05) is 13.2 Å². The van der Waals surface area contributed by atoms with Crippen LogP contribution in [-0.2, 0) is 4.79 Å². The van der Waals surface area contributed by atoms with Crippen LogP contribution in [-0.4, -0.2) is 37.1 Å². The van der Waals surface area contributed by atoms with Crippen molar-refractivity contribution in [3.8, 4) is 11.5 Å². The fraction of sp³-hybridized carbons (Fsp3) is 0.185. The molecule has 3 aromatic rings. The minimum Gasteiger partial charge on any atom is -0.494 e. The first kappa shape index (κ1) is 26.6. The standard InChI is InChI=1S/C27H26BrN3O5/c1-2-3-16-35-23-14-8-20(9-15-23)26(33)29-18-25(32)31-30-17-19-4-12-24(13-5-19)36-27(34)21-6-10-22(28)11-7-21/h4-15,17H,2-3,16,18H2,1H3,(H,29,33)(H,31,32)/b30-17-. The van der Waals surface area contributed by atoms with Gasteiger partial charge in [-0.2, -0.15) is 5.10 Å². The number of hydrogen-bond acceptors (Lipinski definition) is 6. The number of ether oxygens (including phenoxy) is 2. The third-order valence-electron chi connectivity index (χ3n) is 4.87. The van der Waals surface area contributed by atoms with Crippen LogP contribution in [0.3, 0.4) is 0 Å². The van der Waals surface area contributed by atoms with Gasteiger partial charge in [0.05, 0.1) is 24.9 Å². The number of rotatable bonds is 11. The molecule has 3 rings (SSSR count). The van der Waals surface area contributed by atoms with Gasteiger partial charge in [-0.25, -0.2) is 10.2 Å². The van der Waals surface area contributed by atoms with Gasteiger partial charge in [0.1, 0.15) is 11.5 Å². The Bertz CT molecular complexity index is 1190. The monoisotopic (exact) mass is 551 g/mol. The van der Waals surface area contributed by atoms with Crippen molar-refractivity contribution in [3.05, 3.63) is 94.0 Å². The minimum absolute atomic E-state index is 0.226. The van der Waals surface area contributed by atoms with E-state index in [0.717, 1.165) is 17.3 Å². The summed E-state index contributed by atoms with van der Waals surface area (Å²) in [7, 11) is 0. The third kappa shape index (κ3) is 8.66. The van der Waals surface area contributed by atoms with E-state index in [4.69, 9.17) is 9.47 Å². The van der Waals surface area contributed by atoms with Crippen LogP contribution >= 0.6 is 15.9 Å². The second kappa shape index (κ2) is 13.8. The summed E-state index contributed by atoms with van der Waals surface area (Å²) in [5.41, 5.74) is 3.90. The summed E-state index contributed by atoms with van der Waals surface area (Å²) in [6.45, 7) is 2.49. The number of unbranched alkanes of at least 4 members (excludes halogenated alkanes) is 1. The molecule has 36 heavy (non-hydrogen) atoms. The summed E-state index contributed by atoms with van der Waals surface area (Å²) < 4.78 is 11.8. The Balaban J connectivity index is 1.40. The molecule has 0 saturated carbocycles. The number of halogens is 1. The first-order valence-corrected chi connectivity index (χ1v) is 12.1. The normalized spacial score (nSPS) is 10.6. The van der Waals surface area contributed by atoms with Crippen LogP contribution in [0.1, 0.15) is 46.0 Å². The summed E-state index contributed by atoms with van der Waals surface area (Å²) in [5, 5.41) is 6.43. The fourth-order valence-electron chi connectivity index (χ4n) is 2.89. The summed E-state index contributed by atoms with van der Waals surface area (Å²) in [4.78, 5) is 36.4. The topological polar surface area (TPSA) is 106 Å². The first-order chi connectivity index (χ1) is 17.4. The lowest BCUT2D eigenvalue weighted by Crippen LogP contribution is -2.34. The van der Waals surface area contributed by atoms with Crippen molar-refractivity contribution in [1.82, 2.24) is 10.7 Å². The number of carbonyl (C=O) groups excluding carboxylic acids is 3. The van der Waals surface area contributed by atoms with Gasteiger partial charge in [-0.3, -0.25) is 9.59 Å². The molecule has 9 heteroatoms. The zero-order valence-corrected chi connectivity index (χ0v) is 21.3. The van der Waals surface area contributed by atoms with E-state index in [1.54, 1.807) is 72.8 Å². The smallest absolute Gasteiger partial charge is 0.343 e. The van der Waals surface area contributed by atoms with E-state index in [1.807, 2.05) is 0 Å².